The van der Waals surface area contributed by atoms with Crippen molar-refractivity contribution in [2.24, 2.45) is 0 Å². The Labute approximate surface area is 200 Å². The summed E-state index contributed by atoms with van der Waals surface area (Å²) in [5.41, 5.74) is 1.73. The van der Waals surface area contributed by atoms with Crippen molar-refractivity contribution in [1.29, 1.82) is 0 Å². The molecule has 33 heavy (non-hydrogen) atoms. The summed E-state index contributed by atoms with van der Waals surface area (Å²) in [6.07, 6.45) is 14.1. The van der Waals surface area contributed by atoms with Gasteiger partial charge in [-0.05, 0) is 40.6 Å². The van der Waals surface area contributed by atoms with Gasteiger partial charge in [-0.3, -0.25) is 0 Å². The molecule has 1 aliphatic rings. The van der Waals surface area contributed by atoms with Crippen LogP contribution in [-0.4, -0.2) is 46.4 Å². The Morgan fingerprint density at radius 3 is 2.85 bits per heavy atom. The lowest BCUT2D eigenvalue weighted by Gasteiger charge is -2.17. The van der Waals surface area contributed by atoms with Gasteiger partial charge in [0.2, 0.25) is 5.95 Å². The highest BCUT2D eigenvalue weighted by atomic mass is 79.9. The van der Waals surface area contributed by atoms with Gasteiger partial charge in [-0.15, -0.1) is 0 Å². The van der Waals surface area contributed by atoms with Gasteiger partial charge in [-0.1, -0.05) is 12.2 Å². The normalized spacial score (nSPS) is 15.1. The summed E-state index contributed by atoms with van der Waals surface area (Å²) in [5.74, 6) is 2.38. The third kappa shape index (κ3) is 6.11. The third-order valence-electron chi connectivity index (χ3n) is 4.96. The number of rotatable bonds is 10. The van der Waals surface area contributed by atoms with Crippen LogP contribution in [0.3, 0.4) is 0 Å². The first-order valence-electron chi connectivity index (χ1n) is 10.4. The number of halogens is 1. The number of allylic oxidation sites excluding steroid dienone is 1. The molecule has 1 aromatic carbocycles. The number of ether oxygens (including phenoxy) is 3. The van der Waals surface area contributed by atoms with E-state index in [9.17, 15) is 0 Å². The van der Waals surface area contributed by atoms with Crippen LogP contribution in [0, 0.1) is 0 Å². The lowest BCUT2D eigenvalue weighted by Crippen LogP contribution is -2.12. The molecule has 0 bridgehead atoms. The van der Waals surface area contributed by atoms with Gasteiger partial charge in [-0.25, -0.2) is 9.97 Å². The van der Waals surface area contributed by atoms with Gasteiger partial charge in [-0.2, -0.15) is 4.98 Å². The molecule has 3 aromatic rings. The number of nitrogens with zero attached hydrogens (tertiary/aromatic N) is 4. The van der Waals surface area contributed by atoms with E-state index in [0.717, 1.165) is 22.3 Å². The van der Waals surface area contributed by atoms with E-state index in [4.69, 9.17) is 14.2 Å². The minimum Gasteiger partial charge on any atom is -0.493 e. The van der Waals surface area contributed by atoms with E-state index < -0.39 is 0 Å². The van der Waals surface area contributed by atoms with Gasteiger partial charge in [0.25, 0.3) is 0 Å². The number of hydrogen-bond donors (Lipinski definition) is 2. The van der Waals surface area contributed by atoms with Crippen LogP contribution in [0.4, 0.5) is 17.5 Å². The maximum atomic E-state index is 5.94. The van der Waals surface area contributed by atoms with Crippen molar-refractivity contribution in [2.75, 3.05) is 31.5 Å². The molecule has 1 atom stereocenters. The molecular weight excluding hydrogens is 488 g/mol. The number of anilines is 3. The van der Waals surface area contributed by atoms with Gasteiger partial charge < -0.3 is 29.4 Å². The van der Waals surface area contributed by atoms with Crippen molar-refractivity contribution in [3.8, 4) is 11.5 Å². The van der Waals surface area contributed by atoms with E-state index in [2.05, 4.69) is 47.6 Å². The first kappa shape index (κ1) is 22.8. The first-order chi connectivity index (χ1) is 16.1. The van der Waals surface area contributed by atoms with E-state index in [0.29, 0.717) is 36.4 Å². The molecule has 1 unspecified atom stereocenters. The van der Waals surface area contributed by atoms with Crippen LogP contribution in [0.1, 0.15) is 6.42 Å². The van der Waals surface area contributed by atoms with Crippen LogP contribution in [0.25, 0.3) is 0 Å². The molecule has 0 spiro atoms. The molecule has 10 heteroatoms. The number of hydrogen-bond acceptors (Lipinski definition) is 8. The second-order valence-corrected chi connectivity index (χ2v) is 8.04. The van der Waals surface area contributed by atoms with Crippen LogP contribution in [-0.2, 0) is 11.3 Å². The van der Waals surface area contributed by atoms with Crippen LogP contribution >= 0.6 is 15.9 Å². The summed E-state index contributed by atoms with van der Waals surface area (Å²) in [6.45, 7) is 1.16. The van der Waals surface area contributed by atoms with E-state index in [1.54, 1.807) is 32.9 Å². The summed E-state index contributed by atoms with van der Waals surface area (Å²) in [6, 6.07) is 5.59. The zero-order valence-corrected chi connectivity index (χ0v) is 19.9. The Morgan fingerprint density at radius 1 is 1.21 bits per heavy atom. The van der Waals surface area contributed by atoms with Crippen molar-refractivity contribution >= 4 is 33.4 Å². The molecule has 0 saturated heterocycles. The minimum absolute atomic E-state index is 0.105. The van der Waals surface area contributed by atoms with Gasteiger partial charge in [0.1, 0.15) is 12.4 Å². The Morgan fingerprint density at radius 2 is 2.12 bits per heavy atom. The standard InChI is InChI=1S/C23H25BrN6O3/c1-31-18-6-3-16(4-7-18)27-22-19(24)14-26-23(29-22)28-17-5-8-20(32-2)21(13-17)33-12-11-30-10-9-25-15-30/h3-6,8-10,13-15,18H,7,11-12H2,1-2H3,(H2,26,27,28,29). The lowest BCUT2D eigenvalue weighted by atomic mass is 10.1. The molecule has 0 amide bonds. The van der Waals surface area contributed by atoms with Gasteiger partial charge in [0.05, 0.1) is 30.6 Å². The smallest absolute Gasteiger partial charge is 0.229 e. The van der Waals surface area contributed by atoms with E-state index in [-0.39, 0.29) is 6.10 Å². The Bertz CT molecular complexity index is 1130. The second kappa shape index (κ2) is 11.0. The Balaban J connectivity index is 1.44. The quantitative estimate of drug-likeness (QED) is 0.408. The van der Waals surface area contributed by atoms with Crippen LogP contribution in [0.2, 0.25) is 0 Å². The summed E-state index contributed by atoms with van der Waals surface area (Å²) in [4.78, 5) is 13.0. The predicted octanol–water partition coefficient (Wildman–Crippen LogP) is 4.54. The molecule has 0 fully saturated rings. The third-order valence-corrected chi connectivity index (χ3v) is 5.54. The zero-order valence-electron chi connectivity index (χ0n) is 18.4. The monoisotopic (exact) mass is 512 g/mol. The molecule has 2 N–H and O–H groups in total. The zero-order chi connectivity index (χ0) is 23.0. The molecule has 9 nitrogen and oxygen atoms in total. The fraction of sp³-hybridized carbons (Fsp3) is 0.261. The highest BCUT2D eigenvalue weighted by molar-refractivity contribution is 9.10. The molecular formula is C23H25BrN6O3. The molecule has 2 heterocycles. The topological polar surface area (TPSA) is 95.4 Å². The second-order valence-electron chi connectivity index (χ2n) is 7.18. The Kier molecular flexibility index (Phi) is 7.59. The molecule has 0 radical (unpaired) electrons. The fourth-order valence-corrected chi connectivity index (χ4v) is 3.49. The molecule has 0 aliphatic heterocycles. The van der Waals surface area contributed by atoms with E-state index in [1.807, 2.05) is 41.1 Å². The van der Waals surface area contributed by atoms with Crippen molar-refractivity contribution < 1.29 is 14.2 Å². The van der Waals surface area contributed by atoms with E-state index >= 15 is 0 Å². The average Bonchev–Trinajstić information content (AvgIpc) is 3.35. The van der Waals surface area contributed by atoms with Crippen molar-refractivity contribution in [2.45, 2.75) is 19.1 Å². The minimum atomic E-state index is 0.105. The largest absolute Gasteiger partial charge is 0.493 e. The average molecular weight is 513 g/mol. The van der Waals surface area contributed by atoms with Gasteiger partial charge >= 0.3 is 0 Å². The predicted molar refractivity (Wildman–Crippen MR) is 130 cm³/mol. The fourth-order valence-electron chi connectivity index (χ4n) is 3.20. The number of imidazole rings is 1. The molecule has 2 aromatic heterocycles. The van der Waals surface area contributed by atoms with Crippen molar-refractivity contribution in [3.63, 3.8) is 0 Å². The van der Waals surface area contributed by atoms with E-state index in [1.165, 1.54) is 0 Å². The lowest BCUT2D eigenvalue weighted by molar-refractivity contribution is 0.142. The molecule has 172 valence electrons. The summed E-state index contributed by atoms with van der Waals surface area (Å²) < 4.78 is 19.4. The summed E-state index contributed by atoms with van der Waals surface area (Å²) >= 11 is 3.51. The number of benzene rings is 1. The molecule has 0 saturated carbocycles. The van der Waals surface area contributed by atoms with Crippen LogP contribution < -0.4 is 20.1 Å². The Hall–Kier alpha value is -3.37. The molecule has 1 aliphatic carbocycles. The number of nitrogens with one attached hydrogen (secondary N) is 2. The maximum absolute atomic E-state index is 5.94. The highest BCUT2D eigenvalue weighted by Crippen LogP contribution is 2.32. The SMILES string of the molecule is COc1ccc(Nc2ncc(Br)c(NC3=CCC(OC)C=C3)n2)cc1OCCn1ccnc1. The van der Waals surface area contributed by atoms with Crippen LogP contribution in [0.5, 0.6) is 11.5 Å². The summed E-state index contributed by atoms with van der Waals surface area (Å²) in [5, 5.41) is 6.55. The first-order valence-corrected chi connectivity index (χ1v) is 11.2. The summed E-state index contributed by atoms with van der Waals surface area (Å²) in [7, 11) is 3.32. The van der Waals surface area contributed by atoms with Gasteiger partial charge in [0.15, 0.2) is 11.5 Å². The molecule has 4 rings (SSSR count). The van der Waals surface area contributed by atoms with Crippen molar-refractivity contribution in [1.82, 2.24) is 19.5 Å². The van der Waals surface area contributed by atoms with Gasteiger partial charge in [0, 0.05) is 43.2 Å². The maximum Gasteiger partial charge on any atom is 0.229 e. The van der Waals surface area contributed by atoms with Crippen LogP contribution in [0.15, 0.2) is 71.5 Å². The number of methoxy groups -OCH3 is 2. The number of aromatic nitrogens is 4. The highest BCUT2D eigenvalue weighted by Gasteiger charge is 2.12. The van der Waals surface area contributed by atoms with Crippen molar-refractivity contribution in [3.05, 3.63) is 71.5 Å².